The fourth-order valence-corrected chi connectivity index (χ4v) is 1.87. The third kappa shape index (κ3) is 2.53. The second-order valence-electron chi connectivity index (χ2n) is 4.12. The van der Waals surface area contributed by atoms with Crippen LogP contribution in [0.15, 0.2) is 48.5 Å². The van der Waals surface area contributed by atoms with Crippen LogP contribution in [0, 0.1) is 5.82 Å². The van der Waals surface area contributed by atoms with Gasteiger partial charge < -0.3 is 5.73 Å². The standard InChI is InChI=1S/C15H16FN/c1-2-15(17)12-7-5-6-11(10-12)13-8-3-4-9-14(13)16/h3-10,15H,2,17H2,1H3. The predicted octanol–water partition coefficient (Wildman–Crippen LogP) is 3.90. The second-order valence-corrected chi connectivity index (χ2v) is 4.12. The first-order valence-corrected chi connectivity index (χ1v) is 5.83. The van der Waals surface area contributed by atoms with Crippen LogP contribution in [-0.4, -0.2) is 0 Å². The number of hydrogen-bond acceptors (Lipinski definition) is 1. The number of halogens is 1. The summed E-state index contributed by atoms with van der Waals surface area (Å²) in [6.45, 7) is 2.04. The molecule has 2 aromatic carbocycles. The van der Waals surface area contributed by atoms with Gasteiger partial charge in [-0.1, -0.05) is 43.3 Å². The van der Waals surface area contributed by atoms with Crippen LogP contribution in [0.25, 0.3) is 11.1 Å². The highest BCUT2D eigenvalue weighted by molar-refractivity contribution is 5.64. The number of nitrogens with two attached hydrogens (primary N) is 1. The highest BCUT2D eigenvalue weighted by atomic mass is 19.1. The van der Waals surface area contributed by atoms with Crippen LogP contribution in [0.5, 0.6) is 0 Å². The minimum absolute atomic E-state index is 0.0155. The number of benzene rings is 2. The summed E-state index contributed by atoms with van der Waals surface area (Å²) in [6.07, 6.45) is 0.876. The third-order valence-corrected chi connectivity index (χ3v) is 2.94. The van der Waals surface area contributed by atoms with Crippen molar-refractivity contribution in [3.05, 3.63) is 59.9 Å². The quantitative estimate of drug-likeness (QED) is 0.848. The maximum absolute atomic E-state index is 13.7. The van der Waals surface area contributed by atoms with E-state index in [0.29, 0.717) is 5.56 Å². The summed E-state index contributed by atoms with van der Waals surface area (Å²) in [6, 6.07) is 14.6. The summed E-state index contributed by atoms with van der Waals surface area (Å²) in [5.74, 6) is -0.199. The van der Waals surface area contributed by atoms with E-state index < -0.39 is 0 Å². The molecule has 1 nitrogen and oxygen atoms in total. The molecule has 0 fully saturated rings. The van der Waals surface area contributed by atoms with E-state index in [1.54, 1.807) is 12.1 Å². The summed E-state index contributed by atoms with van der Waals surface area (Å²) in [5, 5.41) is 0. The molecule has 0 aromatic heterocycles. The monoisotopic (exact) mass is 229 g/mol. The molecule has 2 heteroatoms. The lowest BCUT2D eigenvalue weighted by molar-refractivity contribution is 0.631. The smallest absolute Gasteiger partial charge is 0.131 e. The summed E-state index contributed by atoms with van der Waals surface area (Å²) in [5.41, 5.74) is 8.54. The predicted molar refractivity (Wildman–Crippen MR) is 69.1 cm³/mol. The Morgan fingerprint density at radius 1 is 1.12 bits per heavy atom. The molecule has 0 saturated heterocycles. The Morgan fingerprint density at radius 2 is 1.88 bits per heavy atom. The van der Waals surface area contributed by atoms with Crippen LogP contribution in [0.3, 0.4) is 0 Å². The summed E-state index contributed by atoms with van der Waals surface area (Å²) in [7, 11) is 0. The maximum atomic E-state index is 13.7. The Labute approximate surface area is 101 Å². The van der Waals surface area contributed by atoms with Gasteiger partial charge in [-0.2, -0.15) is 0 Å². The molecule has 0 aliphatic rings. The second kappa shape index (κ2) is 5.11. The fourth-order valence-electron chi connectivity index (χ4n) is 1.87. The third-order valence-electron chi connectivity index (χ3n) is 2.94. The van der Waals surface area contributed by atoms with Gasteiger partial charge >= 0.3 is 0 Å². The van der Waals surface area contributed by atoms with Crippen molar-refractivity contribution in [3.8, 4) is 11.1 Å². The van der Waals surface area contributed by atoms with Crippen LogP contribution in [0.4, 0.5) is 4.39 Å². The first kappa shape index (κ1) is 11.8. The van der Waals surface area contributed by atoms with Gasteiger partial charge in [0.2, 0.25) is 0 Å². The summed E-state index contributed by atoms with van der Waals surface area (Å²) < 4.78 is 13.7. The lowest BCUT2D eigenvalue weighted by atomic mass is 9.98. The van der Waals surface area contributed by atoms with Crippen LogP contribution in [0.1, 0.15) is 24.9 Å². The zero-order chi connectivity index (χ0) is 12.3. The van der Waals surface area contributed by atoms with Crippen molar-refractivity contribution in [1.29, 1.82) is 0 Å². The molecule has 1 unspecified atom stereocenters. The molecule has 0 heterocycles. The van der Waals surface area contributed by atoms with Crippen molar-refractivity contribution in [2.75, 3.05) is 0 Å². The molecule has 17 heavy (non-hydrogen) atoms. The average molecular weight is 229 g/mol. The van der Waals surface area contributed by atoms with Crippen LogP contribution >= 0.6 is 0 Å². The molecule has 0 amide bonds. The Kier molecular flexibility index (Phi) is 3.55. The zero-order valence-electron chi connectivity index (χ0n) is 9.86. The van der Waals surface area contributed by atoms with Gasteiger partial charge in [0.05, 0.1) is 0 Å². The van der Waals surface area contributed by atoms with Crippen LogP contribution in [0.2, 0.25) is 0 Å². The van der Waals surface area contributed by atoms with Gasteiger partial charge in [0.1, 0.15) is 5.82 Å². The first-order chi connectivity index (χ1) is 8.22. The Balaban J connectivity index is 2.43. The molecular formula is C15H16FN. The van der Waals surface area contributed by atoms with Gasteiger partial charge in [0.25, 0.3) is 0 Å². The molecular weight excluding hydrogens is 213 g/mol. The van der Waals surface area contributed by atoms with Gasteiger partial charge in [-0.3, -0.25) is 0 Å². The average Bonchev–Trinajstić information content (AvgIpc) is 2.38. The molecule has 0 bridgehead atoms. The normalized spacial score (nSPS) is 12.4. The Bertz CT molecular complexity index is 508. The van der Waals surface area contributed by atoms with Crippen LogP contribution < -0.4 is 5.73 Å². The molecule has 2 rings (SSSR count). The number of rotatable bonds is 3. The van der Waals surface area contributed by atoms with E-state index >= 15 is 0 Å². The first-order valence-electron chi connectivity index (χ1n) is 5.83. The SMILES string of the molecule is CCC(N)c1cccc(-c2ccccc2F)c1. The summed E-state index contributed by atoms with van der Waals surface area (Å²) in [4.78, 5) is 0. The van der Waals surface area contributed by atoms with E-state index in [1.165, 1.54) is 6.07 Å². The van der Waals surface area contributed by atoms with Gasteiger partial charge in [-0.05, 0) is 29.7 Å². The zero-order valence-corrected chi connectivity index (χ0v) is 9.86. The topological polar surface area (TPSA) is 26.0 Å². The van der Waals surface area contributed by atoms with E-state index in [0.717, 1.165) is 17.5 Å². The molecule has 2 aromatic rings. The lowest BCUT2D eigenvalue weighted by Gasteiger charge is -2.11. The highest BCUT2D eigenvalue weighted by Gasteiger charge is 2.07. The van der Waals surface area contributed by atoms with E-state index in [2.05, 4.69) is 0 Å². The van der Waals surface area contributed by atoms with E-state index in [-0.39, 0.29) is 11.9 Å². The van der Waals surface area contributed by atoms with Gasteiger partial charge in [0.15, 0.2) is 0 Å². The molecule has 0 aliphatic carbocycles. The van der Waals surface area contributed by atoms with Crippen molar-refractivity contribution in [2.24, 2.45) is 5.73 Å². The molecule has 2 N–H and O–H groups in total. The molecule has 1 atom stereocenters. The van der Waals surface area contributed by atoms with Crippen molar-refractivity contribution in [3.63, 3.8) is 0 Å². The van der Waals surface area contributed by atoms with Crippen molar-refractivity contribution in [1.82, 2.24) is 0 Å². The van der Waals surface area contributed by atoms with Crippen molar-refractivity contribution >= 4 is 0 Å². The van der Waals surface area contributed by atoms with Gasteiger partial charge in [-0.25, -0.2) is 4.39 Å². The molecule has 88 valence electrons. The number of hydrogen-bond donors (Lipinski definition) is 1. The molecule has 0 radical (unpaired) electrons. The minimum atomic E-state index is -0.199. The Hall–Kier alpha value is -1.67. The van der Waals surface area contributed by atoms with E-state index in [9.17, 15) is 4.39 Å². The van der Waals surface area contributed by atoms with E-state index in [4.69, 9.17) is 5.73 Å². The molecule has 0 aliphatic heterocycles. The van der Waals surface area contributed by atoms with Gasteiger partial charge in [-0.15, -0.1) is 0 Å². The van der Waals surface area contributed by atoms with Crippen molar-refractivity contribution < 1.29 is 4.39 Å². The molecule has 0 saturated carbocycles. The summed E-state index contributed by atoms with van der Waals surface area (Å²) >= 11 is 0. The fraction of sp³-hybridized carbons (Fsp3) is 0.200. The highest BCUT2D eigenvalue weighted by Crippen LogP contribution is 2.25. The molecule has 0 spiro atoms. The van der Waals surface area contributed by atoms with Crippen molar-refractivity contribution in [2.45, 2.75) is 19.4 Å². The maximum Gasteiger partial charge on any atom is 0.131 e. The van der Waals surface area contributed by atoms with E-state index in [1.807, 2.05) is 37.3 Å². The Morgan fingerprint density at radius 3 is 2.59 bits per heavy atom. The van der Waals surface area contributed by atoms with Crippen LogP contribution in [-0.2, 0) is 0 Å². The lowest BCUT2D eigenvalue weighted by Crippen LogP contribution is -2.08. The van der Waals surface area contributed by atoms with Gasteiger partial charge in [0, 0.05) is 11.6 Å². The largest absolute Gasteiger partial charge is 0.324 e. The minimum Gasteiger partial charge on any atom is -0.324 e.